The predicted octanol–water partition coefficient (Wildman–Crippen LogP) is 1.79. The van der Waals surface area contributed by atoms with Crippen molar-refractivity contribution in [2.45, 2.75) is 6.54 Å². The van der Waals surface area contributed by atoms with Crippen molar-refractivity contribution in [3.63, 3.8) is 0 Å². The number of aromatic amines is 1. The second kappa shape index (κ2) is 4.94. The Labute approximate surface area is 118 Å². The minimum absolute atomic E-state index is 0.178. The van der Waals surface area contributed by atoms with Gasteiger partial charge >= 0.3 is 5.69 Å². The lowest BCUT2D eigenvalue weighted by atomic mass is 10.2. The summed E-state index contributed by atoms with van der Waals surface area (Å²) in [6.07, 6.45) is 1.52. The Morgan fingerprint density at radius 1 is 1.15 bits per heavy atom. The van der Waals surface area contributed by atoms with Crippen LogP contribution < -0.4 is 11.2 Å². The van der Waals surface area contributed by atoms with Gasteiger partial charge in [-0.05, 0) is 29.8 Å². The number of H-pyrrole nitrogens is 1. The molecule has 0 aliphatic rings. The van der Waals surface area contributed by atoms with Gasteiger partial charge in [-0.2, -0.15) is 0 Å². The van der Waals surface area contributed by atoms with E-state index in [4.69, 9.17) is 11.6 Å². The van der Waals surface area contributed by atoms with Crippen LogP contribution in [0.15, 0.2) is 52.2 Å². The van der Waals surface area contributed by atoms with Gasteiger partial charge in [-0.1, -0.05) is 23.7 Å². The lowest BCUT2D eigenvalue weighted by Crippen LogP contribution is -2.35. The van der Waals surface area contributed by atoms with Gasteiger partial charge in [-0.15, -0.1) is 0 Å². The van der Waals surface area contributed by atoms with Crippen LogP contribution in [0.5, 0.6) is 0 Å². The summed E-state index contributed by atoms with van der Waals surface area (Å²) in [5, 5.41) is 0.607. The van der Waals surface area contributed by atoms with Crippen molar-refractivity contribution in [3.05, 3.63) is 74.0 Å². The highest BCUT2D eigenvalue weighted by molar-refractivity contribution is 6.30. The van der Waals surface area contributed by atoms with Crippen molar-refractivity contribution < 1.29 is 0 Å². The van der Waals surface area contributed by atoms with Crippen molar-refractivity contribution in [1.82, 2.24) is 14.5 Å². The molecule has 0 atom stereocenters. The molecule has 2 aromatic heterocycles. The lowest BCUT2D eigenvalue weighted by molar-refractivity contribution is 0.709. The molecule has 1 N–H and O–H groups in total. The minimum Gasteiger partial charge on any atom is -0.305 e. The standard InChI is InChI=1S/C14H10ClN3O2/c15-10-5-3-9(4-6-10)8-18-13(19)12-11(17-14(18)20)2-1-7-16-12/h1-7H,8H2,(H,17,20). The van der Waals surface area contributed by atoms with Crippen LogP contribution in [-0.2, 0) is 6.54 Å². The number of pyridine rings is 1. The van der Waals surface area contributed by atoms with E-state index in [1.807, 2.05) is 0 Å². The molecule has 5 nitrogen and oxygen atoms in total. The number of benzene rings is 1. The van der Waals surface area contributed by atoms with E-state index in [1.54, 1.807) is 36.4 Å². The number of aromatic nitrogens is 3. The quantitative estimate of drug-likeness (QED) is 0.781. The normalized spacial score (nSPS) is 10.8. The van der Waals surface area contributed by atoms with E-state index in [9.17, 15) is 9.59 Å². The molecule has 0 aliphatic heterocycles. The topological polar surface area (TPSA) is 67.8 Å². The molecule has 0 aliphatic carbocycles. The maximum Gasteiger partial charge on any atom is 0.329 e. The highest BCUT2D eigenvalue weighted by atomic mass is 35.5. The minimum atomic E-state index is -0.453. The van der Waals surface area contributed by atoms with E-state index in [0.717, 1.165) is 10.1 Å². The van der Waals surface area contributed by atoms with E-state index in [0.29, 0.717) is 10.5 Å². The Morgan fingerprint density at radius 3 is 2.65 bits per heavy atom. The Morgan fingerprint density at radius 2 is 1.90 bits per heavy atom. The Hall–Kier alpha value is -2.40. The van der Waals surface area contributed by atoms with Gasteiger partial charge in [0.25, 0.3) is 5.56 Å². The molecule has 0 unspecified atom stereocenters. The van der Waals surface area contributed by atoms with Crippen LogP contribution in [-0.4, -0.2) is 14.5 Å². The number of nitrogens with one attached hydrogen (secondary N) is 1. The fraction of sp³-hybridized carbons (Fsp3) is 0.0714. The molecule has 3 rings (SSSR count). The number of fused-ring (bicyclic) bond motifs is 1. The Balaban J connectivity index is 2.14. The summed E-state index contributed by atoms with van der Waals surface area (Å²) in [6, 6.07) is 10.3. The van der Waals surface area contributed by atoms with Crippen LogP contribution >= 0.6 is 11.6 Å². The molecule has 1 aromatic carbocycles. The molecule has 0 spiro atoms. The van der Waals surface area contributed by atoms with Gasteiger partial charge in [0, 0.05) is 11.2 Å². The van der Waals surface area contributed by atoms with E-state index in [-0.39, 0.29) is 12.1 Å². The summed E-state index contributed by atoms with van der Waals surface area (Å²) in [7, 11) is 0. The Kier molecular flexibility index (Phi) is 3.12. The zero-order chi connectivity index (χ0) is 14.1. The molecule has 0 saturated carbocycles. The van der Waals surface area contributed by atoms with Crippen LogP contribution in [0.3, 0.4) is 0 Å². The summed E-state index contributed by atoms with van der Waals surface area (Å²) in [6.45, 7) is 0.178. The molecule has 0 bridgehead atoms. The average Bonchev–Trinajstić information content (AvgIpc) is 2.45. The molecule has 0 amide bonds. The van der Waals surface area contributed by atoms with E-state index in [2.05, 4.69) is 9.97 Å². The summed E-state index contributed by atoms with van der Waals surface area (Å²) >= 11 is 5.81. The molecule has 0 fully saturated rings. The molecule has 0 radical (unpaired) electrons. The largest absolute Gasteiger partial charge is 0.329 e. The van der Waals surface area contributed by atoms with Crippen LogP contribution in [0.2, 0.25) is 5.02 Å². The smallest absolute Gasteiger partial charge is 0.305 e. The van der Waals surface area contributed by atoms with Crippen molar-refractivity contribution in [1.29, 1.82) is 0 Å². The highest BCUT2D eigenvalue weighted by Gasteiger charge is 2.08. The molecule has 100 valence electrons. The van der Waals surface area contributed by atoms with Crippen molar-refractivity contribution in [2.75, 3.05) is 0 Å². The van der Waals surface area contributed by atoms with Crippen LogP contribution in [0.4, 0.5) is 0 Å². The third-order valence-electron chi connectivity index (χ3n) is 3.00. The first kappa shape index (κ1) is 12.6. The number of hydrogen-bond donors (Lipinski definition) is 1. The first-order valence-electron chi connectivity index (χ1n) is 5.97. The lowest BCUT2D eigenvalue weighted by Gasteiger charge is -2.06. The molecular weight excluding hydrogens is 278 g/mol. The van der Waals surface area contributed by atoms with E-state index >= 15 is 0 Å². The van der Waals surface area contributed by atoms with Gasteiger partial charge in [-0.3, -0.25) is 9.36 Å². The predicted molar refractivity (Wildman–Crippen MR) is 77.2 cm³/mol. The zero-order valence-corrected chi connectivity index (χ0v) is 11.1. The second-order valence-corrected chi connectivity index (χ2v) is 4.78. The van der Waals surface area contributed by atoms with Crippen molar-refractivity contribution in [2.24, 2.45) is 0 Å². The molecule has 3 aromatic rings. The van der Waals surface area contributed by atoms with Gasteiger partial charge in [-0.25, -0.2) is 9.78 Å². The zero-order valence-electron chi connectivity index (χ0n) is 10.3. The number of halogens is 1. The monoisotopic (exact) mass is 287 g/mol. The number of nitrogens with zero attached hydrogens (tertiary/aromatic N) is 2. The molecule has 0 saturated heterocycles. The van der Waals surface area contributed by atoms with Crippen LogP contribution in [0.1, 0.15) is 5.56 Å². The molecular formula is C14H10ClN3O2. The first-order chi connectivity index (χ1) is 9.65. The maximum absolute atomic E-state index is 12.3. The SMILES string of the molecule is O=c1[nH]c2cccnc2c(=O)n1Cc1ccc(Cl)cc1. The van der Waals surface area contributed by atoms with Crippen LogP contribution in [0, 0.1) is 0 Å². The van der Waals surface area contributed by atoms with Gasteiger partial charge in [0.05, 0.1) is 12.1 Å². The van der Waals surface area contributed by atoms with Gasteiger partial charge in [0.1, 0.15) is 0 Å². The second-order valence-electron chi connectivity index (χ2n) is 4.35. The Bertz CT molecular complexity index is 881. The third-order valence-corrected chi connectivity index (χ3v) is 3.25. The van der Waals surface area contributed by atoms with E-state index < -0.39 is 11.2 Å². The van der Waals surface area contributed by atoms with Gasteiger partial charge in [0.2, 0.25) is 0 Å². The molecule has 6 heteroatoms. The van der Waals surface area contributed by atoms with Gasteiger partial charge in [0.15, 0.2) is 5.52 Å². The summed E-state index contributed by atoms with van der Waals surface area (Å²) < 4.78 is 1.12. The number of hydrogen-bond acceptors (Lipinski definition) is 3. The third kappa shape index (κ3) is 2.23. The molecule has 2 heterocycles. The van der Waals surface area contributed by atoms with Crippen molar-refractivity contribution in [3.8, 4) is 0 Å². The maximum atomic E-state index is 12.3. The fourth-order valence-electron chi connectivity index (χ4n) is 2.00. The molecule has 20 heavy (non-hydrogen) atoms. The van der Waals surface area contributed by atoms with Crippen molar-refractivity contribution >= 4 is 22.6 Å². The fourth-order valence-corrected chi connectivity index (χ4v) is 2.12. The average molecular weight is 288 g/mol. The number of rotatable bonds is 2. The van der Waals surface area contributed by atoms with Crippen LogP contribution in [0.25, 0.3) is 11.0 Å². The first-order valence-corrected chi connectivity index (χ1v) is 6.35. The highest BCUT2D eigenvalue weighted by Crippen LogP contribution is 2.10. The summed E-state index contributed by atoms with van der Waals surface area (Å²) in [4.78, 5) is 30.9. The summed E-state index contributed by atoms with van der Waals surface area (Å²) in [5.41, 5.74) is 0.651. The summed E-state index contributed by atoms with van der Waals surface area (Å²) in [5.74, 6) is 0. The van der Waals surface area contributed by atoms with E-state index in [1.165, 1.54) is 6.20 Å². The van der Waals surface area contributed by atoms with Gasteiger partial charge < -0.3 is 4.98 Å².